The Morgan fingerprint density at radius 1 is 0.833 bits per heavy atom. The lowest BCUT2D eigenvalue weighted by Crippen LogP contribution is -2.51. The Morgan fingerprint density at radius 2 is 1.33 bits per heavy atom. The molecule has 0 saturated heterocycles. The highest BCUT2D eigenvalue weighted by Gasteiger charge is 2.43. The fourth-order valence-electron chi connectivity index (χ4n) is 4.51. The third-order valence-corrected chi connectivity index (χ3v) is 5.48. The van der Waals surface area contributed by atoms with E-state index in [1.165, 1.54) is 33.3 Å². The summed E-state index contributed by atoms with van der Waals surface area (Å²) >= 11 is 0. The van der Waals surface area contributed by atoms with Gasteiger partial charge < -0.3 is 0 Å². The first-order valence-corrected chi connectivity index (χ1v) is 8.47. The molecule has 0 spiro atoms. The van der Waals surface area contributed by atoms with Crippen molar-refractivity contribution in [1.29, 1.82) is 0 Å². The van der Waals surface area contributed by atoms with Gasteiger partial charge in [-0.15, -0.1) is 0 Å². The summed E-state index contributed by atoms with van der Waals surface area (Å²) < 4.78 is 4.80. The fourth-order valence-corrected chi connectivity index (χ4v) is 4.51. The number of nitrogens with zero attached hydrogens (tertiary/aromatic N) is 4. The summed E-state index contributed by atoms with van der Waals surface area (Å²) in [5.41, 5.74) is 7.64. The molecule has 0 saturated carbocycles. The normalized spacial score (nSPS) is 15.2. The minimum Gasteiger partial charge on any atom is -0.178 e. The second-order valence-corrected chi connectivity index (χ2v) is 6.74. The van der Waals surface area contributed by atoms with E-state index in [0.717, 1.165) is 24.1 Å². The molecule has 2 aliphatic rings. The van der Waals surface area contributed by atoms with Crippen LogP contribution in [0.3, 0.4) is 0 Å². The van der Waals surface area contributed by atoms with Gasteiger partial charge in [-0.25, -0.2) is 0 Å². The molecule has 5 heterocycles. The minimum absolute atomic E-state index is 0.183. The Hall–Kier alpha value is -2.88. The Morgan fingerprint density at radius 3 is 1.83 bits per heavy atom. The van der Waals surface area contributed by atoms with Crippen molar-refractivity contribution >= 4 is 22.1 Å². The van der Waals surface area contributed by atoms with Gasteiger partial charge in [0, 0.05) is 18.1 Å². The maximum atomic E-state index is 4.69. The predicted molar refractivity (Wildman–Crippen MR) is 90.4 cm³/mol. The van der Waals surface area contributed by atoms with Gasteiger partial charge >= 0.3 is 11.3 Å². The number of aromatic nitrogens is 4. The topological polar surface area (TPSA) is 33.5 Å². The molecule has 0 aromatic carbocycles. The molecule has 4 heteroatoms. The van der Waals surface area contributed by atoms with Gasteiger partial charge in [-0.2, -0.15) is 9.13 Å². The maximum Gasteiger partial charge on any atom is 0.334 e. The van der Waals surface area contributed by atoms with Crippen molar-refractivity contribution in [2.24, 2.45) is 0 Å². The zero-order valence-electron chi connectivity index (χ0n) is 13.4. The van der Waals surface area contributed by atoms with Crippen LogP contribution in [0.4, 0.5) is 0 Å². The molecule has 0 radical (unpaired) electrons. The van der Waals surface area contributed by atoms with Crippen LogP contribution in [0.1, 0.15) is 24.2 Å². The van der Waals surface area contributed by atoms with E-state index in [9.17, 15) is 0 Å². The summed E-state index contributed by atoms with van der Waals surface area (Å²) in [5.74, 6) is 0. The number of pyridine rings is 4. The van der Waals surface area contributed by atoms with Crippen LogP contribution < -0.4 is 9.13 Å². The van der Waals surface area contributed by atoms with E-state index in [-0.39, 0.29) is 6.17 Å². The van der Waals surface area contributed by atoms with E-state index in [4.69, 9.17) is 9.97 Å². The third-order valence-electron chi connectivity index (χ3n) is 5.48. The highest BCUT2D eigenvalue weighted by atomic mass is 15.3. The largest absolute Gasteiger partial charge is 0.334 e. The summed E-state index contributed by atoms with van der Waals surface area (Å²) in [6, 6.07) is 13.0. The van der Waals surface area contributed by atoms with Crippen LogP contribution >= 0.6 is 0 Å². The van der Waals surface area contributed by atoms with Crippen molar-refractivity contribution in [2.45, 2.75) is 25.9 Å². The van der Waals surface area contributed by atoms with Crippen molar-refractivity contribution in [3.8, 4) is 11.4 Å². The van der Waals surface area contributed by atoms with Crippen molar-refractivity contribution in [3.63, 3.8) is 0 Å². The molecule has 1 aliphatic heterocycles. The Labute approximate surface area is 139 Å². The third kappa shape index (κ3) is 1.35. The van der Waals surface area contributed by atoms with Crippen LogP contribution in [-0.2, 0) is 12.8 Å². The Bertz CT molecular complexity index is 1090. The minimum atomic E-state index is 0.183. The number of aryl methyl sites for hydroxylation is 2. The van der Waals surface area contributed by atoms with Crippen molar-refractivity contribution < 1.29 is 9.13 Å². The molecule has 24 heavy (non-hydrogen) atoms. The van der Waals surface area contributed by atoms with Gasteiger partial charge in [0.1, 0.15) is 12.4 Å². The Kier molecular flexibility index (Phi) is 2.16. The SMILES string of the molecule is CC1[n+]2c3c(cc4cccnc42)CCc2cc4cccnc4[n+]1c2-3. The quantitative estimate of drug-likeness (QED) is 0.468. The zero-order valence-corrected chi connectivity index (χ0v) is 13.4. The number of hydrogen-bond acceptors (Lipinski definition) is 2. The molecule has 6 rings (SSSR count). The smallest absolute Gasteiger partial charge is 0.178 e. The van der Waals surface area contributed by atoms with Gasteiger partial charge in [0.25, 0.3) is 0 Å². The van der Waals surface area contributed by atoms with Gasteiger partial charge in [-0.05, 0) is 59.2 Å². The van der Waals surface area contributed by atoms with Gasteiger partial charge in [-0.1, -0.05) is 0 Å². The molecular formula is C20H16N4+2. The molecule has 1 aliphatic carbocycles. The monoisotopic (exact) mass is 312 g/mol. The van der Waals surface area contributed by atoms with Crippen LogP contribution in [0.2, 0.25) is 0 Å². The van der Waals surface area contributed by atoms with E-state index in [1.54, 1.807) is 0 Å². The molecule has 0 N–H and O–H groups in total. The first-order chi connectivity index (χ1) is 11.8. The lowest BCUT2D eigenvalue weighted by atomic mass is 9.91. The molecule has 4 aromatic heterocycles. The van der Waals surface area contributed by atoms with Crippen molar-refractivity contribution in [1.82, 2.24) is 9.97 Å². The lowest BCUT2D eigenvalue weighted by molar-refractivity contribution is -0.885. The van der Waals surface area contributed by atoms with Gasteiger partial charge in [0.2, 0.25) is 6.17 Å². The molecule has 0 atom stereocenters. The predicted octanol–water partition coefficient (Wildman–Crippen LogP) is 2.50. The maximum absolute atomic E-state index is 4.69. The van der Waals surface area contributed by atoms with Gasteiger partial charge in [0.05, 0.1) is 10.8 Å². The summed E-state index contributed by atoms with van der Waals surface area (Å²) in [4.78, 5) is 9.38. The molecule has 0 amide bonds. The van der Waals surface area contributed by atoms with E-state index in [2.05, 4.69) is 40.3 Å². The Balaban J connectivity index is 1.86. The van der Waals surface area contributed by atoms with E-state index in [0.29, 0.717) is 0 Å². The molecule has 4 aromatic rings. The average Bonchev–Trinajstić information content (AvgIpc) is 2.94. The van der Waals surface area contributed by atoms with E-state index >= 15 is 0 Å². The van der Waals surface area contributed by atoms with Crippen LogP contribution in [0, 0.1) is 0 Å². The number of rotatable bonds is 0. The average molecular weight is 312 g/mol. The highest BCUT2D eigenvalue weighted by Crippen LogP contribution is 2.36. The van der Waals surface area contributed by atoms with Crippen molar-refractivity contribution in [3.05, 3.63) is 59.9 Å². The summed E-state index contributed by atoms with van der Waals surface area (Å²) in [6.07, 6.45) is 6.14. The molecule has 0 fully saturated rings. The second kappa shape index (κ2) is 4.15. The first kappa shape index (κ1) is 12.5. The lowest BCUT2D eigenvalue weighted by Gasteiger charge is -2.14. The van der Waals surface area contributed by atoms with Crippen LogP contribution in [0.15, 0.2) is 48.8 Å². The van der Waals surface area contributed by atoms with Gasteiger partial charge in [0.15, 0.2) is 11.4 Å². The fraction of sp³-hybridized carbons (Fsp3) is 0.200. The second-order valence-electron chi connectivity index (χ2n) is 6.74. The van der Waals surface area contributed by atoms with E-state index in [1.807, 2.05) is 24.5 Å². The summed E-state index contributed by atoms with van der Waals surface area (Å²) in [6.45, 7) is 2.25. The molecule has 0 unspecified atom stereocenters. The van der Waals surface area contributed by atoms with Gasteiger partial charge in [-0.3, -0.25) is 0 Å². The van der Waals surface area contributed by atoms with E-state index < -0.39 is 0 Å². The highest BCUT2D eigenvalue weighted by molar-refractivity contribution is 5.80. The molecular weight excluding hydrogens is 296 g/mol. The number of hydrogen-bond donors (Lipinski definition) is 0. The first-order valence-electron chi connectivity index (χ1n) is 8.47. The number of fused-ring (bicyclic) bond motifs is 4. The standard InChI is InChI=1S/C20H16N4/c1-12-23-17-13(10-15-4-2-8-21-19(15)23)6-7-14-11-16-5-3-9-22-20(16)24(12)18(14)17/h2-5,8-12H,6-7H2,1H3/q+2. The van der Waals surface area contributed by atoms with Crippen LogP contribution in [0.5, 0.6) is 0 Å². The molecule has 114 valence electrons. The zero-order chi connectivity index (χ0) is 15.8. The van der Waals surface area contributed by atoms with Crippen LogP contribution in [-0.4, -0.2) is 9.97 Å². The van der Waals surface area contributed by atoms with Crippen LogP contribution in [0.25, 0.3) is 33.5 Å². The summed E-state index contributed by atoms with van der Waals surface area (Å²) in [5, 5.41) is 2.44. The molecule has 4 nitrogen and oxygen atoms in total. The summed E-state index contributed by atoms with van der Waals surface area (Å²) in [7, 11) is 0. The molecule has 0 bridgehead atoms. The van der Waals surface area contributed by atoms with Crippen molar-refractivity contribution in [2.75, 3.05) is 0 Å².